The van der Waals surface area contributed by atoms with E-state index in [4.69, 9.17) is 17.3 Å². The molecule has 1 aromatic rings. The maximum atomic E-state index is 6.03. The van der Waals surface area contributed by atoms with Crippen LogP contribution >= 0.6 is 11.6 Å². The lowest BCUT2D eigenvalue weighted by Gasteiger charge is -2.20. The van der Waals surface area contributed by atoms with Gasteiger partial charge in [-0.15, -0.1) is 0 Å². The van der Waals surface area contributed by atoms with E-state index < -0.39 is 0 Å². The summed E-state index contributed by atoms with van der Waals surface area (Å²) in [7, 11) is 0. The highest BCUT2D eigenvalue weighted by Gasteiger charge is 2.16. The van der Waals surface area contributed by atoms with E-state index in [0.717, 1.165) is 10.6 Å². The fourth-order valence-electron chi connectivity index (χ4n) is 1.14. The van der Waals surface area contributed by atoms with Gasteiger partial charge in [0.2, 0.25) is 0 Å². The maximum absolute atomic E-state index is 6.03. The first-order chi connectivity index (χ1) is 5.41. The molecule has 0 amide bonds. The van der Waals surface area contributed by atoms with Gasteiger partial charge in [0.25, 0.3) is 0 Å². The Morgan fingerprint density at radius 1 is 1.25 bits per heavy atom. The van der Waals surface area contributed by atoms with Crippen molar-refractivity contribution in [2.75, 3.05) is 5.73 Å². The number of anilines is 1. The van der Waals surface area contributed by atoms with E-state index in [-0.39, 0.29) is 5.41 Å². The lowest BCUT2D eigenvalue weighted by molar-refractivity contribution is 0.590. The molecule has 0 atom stereocenters. The Hall–Kier alpha value is -0.690. The number of hydrogen-bond donors (Lipinski definition) is 1. The van der Waals surface area contributed by atoms with Crippen LogP contribution < -0.4 is 5.73 Å². The average Bonchev–Trinajstić information content (AvgIpc) is 1.83. The molecule has 0 aliphatic heterocycles. The van der Waals surface area contributed by atoms with Crippen LogP contribution in [0.1, 0.15) is 26.3 Å². The third kappa shape index (κ3) is 1.92. The second-order valence-electron chi connectivity index (χ2n) is 3.99. The summed E-state index contributed by atoms with van der Waals surface area (Å²) in [5.74, 6) is 0. The molecule has 1 nitrogen and oxygen atoms in total. The van der Waals surface area contributed by atoms with Gasteiger partial charge in [-0.05, 0) is 23.1 Å². The molecule has 0 spiro atoms. The van der Waals surface area contributed by atoms with E-state index in [0.29, 0.717) is 5.69 Å². The normalized spacial score (nSPS) is 11.7. The average molecular weight is 184 g/mol. The van der Waals surface area contributed by atoms with Crippen molar-refractivity contribution in [2.24, 2.45) is 0 Å². The Morgan fingerprint density at radius 3 is 2.25 bits per heavy atom. The standard InChI is InChI=1S/C10H14ClN/c1-10(2,3)8-5-4-7(12)6-9(8)11/h4-6H,12H2,1-3H3. The Kier molecular flexibility index (Phi) is 2.34. The predicted molar refractivity (Wildman–Crippen MR) is 54.6 cm³/mol. The molecule has 0 unspecified atom stereocenters. The van der Waals surface area contributed by atoms with Crippen molar-refractivity contribution in [2.45, 2.75) is 26.2 Å². The summed E-state index contributed by atoms with van der Waals surface area (Å²) in [5.41, 5.74) is 7.53. The first-order valence-electron chi connectivity index (χ1n) is 3.97. The van der Waals surface area contributed by atoms with E-state index in [2.05, 4.69) is 20.8 Å². The van der Waals surface area contributed by atoms with Crippen molar-refractivity contribution in [3.63, 3.8) is 0 Å². The largest absolute Gasteiger partial charge is 0.399 e. The van der Waals surface area contributed by atoms with E-state index in [1.807, 2.05) is 12.1 Å². The molecule has 0 bridgehead atoms. The van der Waals surface area contributed by atoms with Crippen molar-refractivity contribution in [3.05, 3.63) is 28.8 Å². The molecule has 0 saturated carbocycles. The third-order valence-electron chi connectivity index (χ3n) is 1.80. The van der Waals surface area contributed by atoms with Crippen LogP contribution in [0.25, 0.3) is 0 Å². The van der Waals surface area contributed by atoms with Gasteiger partial charge in [0, 0.05) is 10.7 Å². The van der Waals surface area contributed by atoms with Gasteiger partial charge >= 0.3 is 0 Å². The molecule has 1 rings (SSSR count). The zero-order chi connectivity index (χ0) is 9.35. The molecule has 0 saturated heterocycles. The number of benzene rings is 1. The van der Waals surface area contributed by atoms with Crippen LogP contribution in [0, 0.1) is 0 Å². The minimum Gasteiger partial charge on any atom is -0.399 e. The van der Waals surface area contributed by atoms with Gasteiger partial charge in [-0.3, -0.25) is 0 Å². The van der Waals surface area contributed by atoms with Gasteiger partial charge in [0.15, 0.2) is 0 Å². The Labute approximate surface area is 78.5 Å². The van der Waals surface area contributed by atoms with Crippen LogP contribution in [0.3, 0.4) is 0 Å². The van der Waals surface area contributed by atoms with Crippen LogP contribution in [0.15, 0.2) is 18.2 Å². The van der Waals surface area contributed by atoms with Crippen molar-refractivity contribution >= 4 is 17.3 Å². The van der Waals surface area contributed by atoms with Crippen molar-refractivity contribution in [1.82, 2.24) is 0 Å². The molecule has 0 radical (unpaired) electrons. The highest BCUT2D eigenvalue weighted by molar-refractivity contribution is 6.31. The highest BCUT2D eigenvalue weighted by Crippen LogP contribution is 2.30. The molecule has 1 aromatic carbocycles. The van der Waals surface area contributed by atoms with Crippen LogP contribution in [0.4, 0.5) is 5.69 Å². The van der Waals surface area contributed by atoms with Gasteiger partial charge in [-0.1, -0.05) is 38.4 Å². The topological polar surface area (TPSA) is 26.0 Å². The number of nitrogen functional groups attached to an aromatic ring is 1. The summed E-state index contributed by atoms with van der Waals surface area (Å²) in [6.07, 6.45) is 0. The Balaban J connectivity index is 3.19. The van der Waals surface area contributed by atoms with Crippen molar-refractivity contribution in [3.8, 4) is 0 Å². The van der Waals surface area contributed by atoms with Crippen LogP contribution in [0.5, 0.6) is 0 Å². The summed E-state index contributed by atoms with van der Waals surface area (Å²) in [5, 5.41) is 0.752. The highest BCUT2D eigenvalue weighted by atomic mass is 35.5. The van der Waals surface area contributed by atoms with E-state index in [1.54, 1.807) is 6.07 Å². The fraction of sp³-hybridized carbons (Fsp3) is 0.400. The lowest BCUT2D eigenvalue weighted by Crippen LogP contribution is -2.11. The molecule has 0 fully saturated rings. The van der Waals surface area contributed by atoms with Crippen LogP contribution in [0.2, 0.25) is 5.02 Å². The second kappa shape index (κ2) is 2.98. The number of hydrogen-bond acceptors (Lipinski definition) is 1. The van der Waals surface area contributed by atoms with Gasteiger partial charge in [-0.2, -0.15) is 0 Å². The van der Waals surface area contributed by atoms with Gasteiger partial charge in [-0.25, -0.2) is 0 Å². The Morgan fingerprint density at radius 2 is 1.83 bits per heavy atom. The molecular formula is C10H14ClN. The first kappa shape index (κ1) is 9.40. The summed E-state index contributed by atoms with van der Waals surface area (Å²) in [6.45, 7) is 6.39. The Bertz CT molecular complexity index is 286. The molecule has 0 aliphatic carbocycles. The second-order valence-corrected chi connectivity index (χ2v) is 4.40. The molecule has 0 aromatic heterocycles. The molecule has 12 heavy (non-hydrogen) atoms. The number of halogens is 1. The first-order valence-corrected chi connectivity index (χ1v) is 4.34. The minimum absolute atomic E-state index is 0.0881. The van der Waals surface area contributed by atoms with Crippen LogP contribution in [-0.4, -0.2) is 0 Å². The lowest BCUT2D eigenvalue weighted by atomic mass is 9.87. The monoisotopic (exact) mass is 183 g/mol. The summed E-state index contributed by atoms with van der Waals surface area (Å²) < 4.78 is 0. The maximum Gasteiger partial charge on any atom is 0.0463 e. The SMILES string of the molecule is CC(C)(C)c1ccc(N)cc1Cl. The minimum atomic E-state index is 0.0881. The predicted octanol–water partition coefficient (Wildman–Crippen LogP) is 3.22. The smallest absolute Gasteiger partial charge is 0.0463 e. The zero-order valence-corrected chi connectivity index (χ0v) is 8.44. The molecule has 2 heteroatoms. The molecule has 0 heterocycles. The van der Waals surface area contributed by atoms with E-state index in [9.17, 15) is 0 Å². The molecular weight excluding hydrogens is 170 g/mol. The van der Waals surface area contributed by atoms with Crippen LogP contribution in [-0.2, 0) is 5.41 Å². The van der Waals surface area contributed by atoms with E-state index >= 15 is 0 Å². The zero-order valence-electron chi connectivity index (χ0n) is 7.69. The third-order valence-corrected chi connectivity index (χ3v) is 2.11. The molecule has 0 aliphatic rings. The summed E-state index contributed by atoms with van der Waals surface area (Å²) in [4.78, 5) is 0. The fourth-order valence-corrected chi connectivity index (χ4v) is 1.61. The van der Waals surface area contributed by atoms with Gasteiger partial charge in [0.1, 0.15) is 0 Å². The van der Waals surface area contributed by atoms with Gasteiger partial charge in [0.05, 0.1) is 0 Å². The van der Waals surface area contributed by atoms with E-state index in [1.165, 1.54) is 0 Å². The summed E-state index contributed by atoms with van der Waals surface area (Å²) >= 11 is 6.03. The van der Waals surface area contributed by atoms with Crippen molar-refractivity contribution < 1.29 is 0 Å². The molecule has 2 N–H and O–H groups in total. The quantitative estimate of drug-likeness (QED) is 0.615. The summed E-state index contributed by atoms with van der Waals surface area (Å²) in [6, 6.07) is 5.66. The van der Waals surface area contributed by atoms with Gasteiger partial charge < -0.3 is 5.73 Å². The number of rotatable bonds is 0. The number of nitrogens with two attached hydrogens (primary N) is 1. The molecule has 66 valence electrons. The van der Waals surface area contributed by atoms with Crippen molar-refractivity contribution in [1.29, 1.82) is 0 Å².